The molecule has 0 aromatic carbocycles. The fourth-order valence-corrected chi connectivity index (χ4v) is 0. The molecule has 0 bridgehead atoms. The van der Waals surface area contributed by atoms with Gasteiger partial charge >= 0.3 is 0 Å². The molecular formula is H4MgO4S2. The fraction of sp³-hybridized carbons (Fsp3) is 0. The maximum absolute atomic E-state index is 9.11. The molecule has 2 radical (unpaired) electrons. The van der Waals surface area contributed by atoms with Crippen molar-refractivity contribution in [1.82, 2.24) is 0 Å². The summed E-state index contributed by atoms with van der Waals surface area (Å²) in [5.74, 6) is 0. The summed E-state index contributed by atoms with van der Waals surface area (Å²) in [4.78, 5) is 0. The van der Waals surface area contributed by atoms with Gasteiger partial charge in [-0.3, -0.25) is 9.11 Å². The third kappa shape index (κ3) is 171. The van der Waals surface area contributed by atoms with Gasteiger partial charge in [0.25, 0.3) is 9.05 Å². The highest BCUT2D eigenvalue weighted by Crippen LogP contribution is 1.62. The van der Waals surface area contributed by atoms with Crippen molar-refractivity contribution in [2.45, 2.75) is 0 Å². The van der Waals surface area contributed by atoms with Gasteiger partial charge < -0.3 is 5.48 Å². The van der Waals surface area contributed by atoms with Crippen LogP contribution in [0.1, 0.15) is 0 Å². The van der Waals surface area contributed by atoms with Crippen LogP contribution in [0.2, 0.25) is 0 Å². The molecule has 0 spiro atoms. The van der Waals surface area contributed by atoms with Crippen molar-refractivity contribution in [1.29, 1.82) is 0 Å². The van der Waals surface area contributed by atoms with Crippen LogP contribution in [0.4, 0.5) is 0 Å². The van der Waals surface area contributed by atoms with Crippen molar-refractivity contribution in [2.24, 2.45) is 0 Å². The lowest BCUT2D eigenvalue weighted by Gasteiger charge is -1.73. The first-order chi connectivity index (χ1) is 2.00. The fourth-order valence-electron chi connectivity index (χ4n) is 0. The Morgan fingerprint density at radius 3 is 1.43 bits per heavy atom. The SMILES string of the molecule is O.O=S(O)(O)=S.[Mg]. The topological polar surface area (TPSA) is 89.0 Å². The Morgan fingerprint density at radius 1 is 1.43 bits per heavy atom. The van der Waals surface area contributed by atoms with Crippen molar-refractivity contribution >= 4 is 43.3 Å². The zero-order chi connectivity index (χ0) is 4.50. The quantitative estimate of drug-likeness (QED) is 0.417. The van der Waals surface area contributed by atoms with Crippen LogP contribution in [0, 0.1) is 0 Å². The van der Waals surface area contributed by atoms with Gasteiger partial charge in [-0.15, -0.1) is 0 Å². The zero-order valence-corrected chi connectivity index (χ0v) is 6.37. The zero-order valence-electron chi connectivity index (χ0n) is 3.33. The van der Waals surface area contributed by atoms with Crippen LogP contribution in [0.3, 0.4) is 0 Å². The molecule has 0 atom stereocenters. The lowest BCUT2D eigenvalue weighted by molar-refractivity contribution is 0.450. The Morgan fingerprint density at radius 2 is 1.43 bits per heavy atom. The summed E-state index contributed by atoms with van der Waals surface area (Å²) in [5.41, 5.74) is 0. The molecule has 0 rings (SSSR count). The van der Waals surface area contributed by atoms with E-state index in [1.807, 2.05) is 0 Å². The Labute approximate surface area is 62.1 Å². The summed E-state index contributed by atoms with van der Waals surface area (Å²) in [6, 6.07) is 0. The lowest BCUT2D eigenvalue weighted by Crippen LogP contribution is -1.86. The second-order valence-corrected chi connectivity index (χ2v) is 2.65. The molecular weight excluding hydrogens is 152 g/mol. The van der Waals surface area contributed by atoms with Gasteiger partial charge in [0.2, 0.25) is 0 Å². The summed E-state index contributed by atoms with van der Waals surface area (Å²) in [5, 5.41) is 0. The van der Waals surface area contributed by atoms with Crippen LogP contribution < -0.4 is 0 Å². The molecule has 0 saturated carbocycles. The smallest absolute Gasteiger partial charge is 0.263 e. The van der Waals surface area contributed by atoms with E-state index in [0.29, 0.717) is 0 Å². The Bertz CT molecular complexity index is 92.9. The van der Waals surface area contributed by atoms with Gasteiger partial charge in [0.1, 0.15) is 0 Å². The van der Waals surface area contributed by atoms with Crippen LogP contribution in [0.15, 0.2) is 0 Å². The third-order valence-electron chi connectivity index (χ3n) is 0. The molecule has 0 aromatic rings. The highest BCUT2D eigenvalue weighted by Gasteiger charge is 1.78. The molecule has 4 N–H and O–H groups in total. The molecule has 0 aromatic heterocycles. The average molecular weight is 156 g/mol. The van der Waals surface area contributed by atoms with Crippen LogP contribution in [-0.2, 0) is 20.2 Å². The van der Waals surface area contributed by atoms with Crippen LogP contribution >= 0.6 is 0 Å². The molecule has 0 saturated heterocycles. The monoisotopic (exact) mass is 156 g/mol. The molecule has 7 heavy (non-hydrogen) atoms. The minimum absolute atomic E-state index is 0. The van der Waals surface area contributed by atoms with E-state index < -0.39 is 9.05 Å². The predicted molar refractivity (Wildman–Crippen MR) is 30.1 cm³/mol. The second-order valence-electron chi connectivity index (χ2n) is 0.448. The first kappa shape index (κ1) is 15.7. The Kier molecular flexibility index (Phi) is 11.6. The molecule has 0 aliphatic carbocycles. The summed E-state index contributed by atoms with van der Waals surface area (Å²) in [6.07, 6.45) is 0. The van der Waals surface area contributed by atoms with E-state index in [-0.39, 0.29) is 28.5 Å². The maximum atomic E-state index is 9.11. The van der Waals surface area contributed by atoms with Gasteiger partial charge in [0, 0.05) is 34.2 Å². The lowest BCUT2D eigenvalue weighted by atomic mass is 15.8. The molecule has 0 amide bonds. The van der Waals surface area contributed by atoms with E-state index in [0.717, 1.165) is 0 Å². The van der Waals surface area contributed by atoms with E-state index in [1.54, 1.807) is 0 Å². The normalized spacial score (nSPS) is 8.29. The minimum atomic E-state index is -3.83. The van der Waals surface area contributed by atoms with Crippen LogP contribution in [0.5, 0.6) is 0 Å². The van der Waals surface area contributed by atoms with E-state index in [9.17, 15) is 0 Å². The van der Waals surface area contributed by atoms with Gasteiger partial charge in [0.15, 0.2) is 0 Å². The first-order valence-corrected chi connectivity index (χ1v) is 3.10. The Hall–Kier alpha value is 1.02. The molecule has 0 unspecified atom stereocenters. The summed E-state index contributed by atoms with van der Waals surface area (Å²) in [6.45, 7) is 0. The van der Waals surface area contributed by atoms with Crippen molar-refractivity contribution in [3.05, 3.63) is 0 Å². The molecule has 0 aliphatic rings. The predicted octanol–water partition coefficient (Wildman–Crippen LogP) is -1.53. The molecule has 4 nitrogen and oxygen atoms in total. The van der Waals surface area contributed by atoms with E-state index in [1.165, 1.54) is 0 Å². The van der Waals surface area contributed by atoms with Crippen molar-refractivity contribution in [3.63, 3.8) is 0 Å². The number of hydrogen-bond donors (Lipinski definition) is 2. The molecule has 0 fully saturated rings. The standard InChI is InChI=1S/Mg.H2O3S2.H2O/c;1-5(2,3)4;/h;(H2,1,2,3,4);1H2. The van der Waals surface area contributed by atoms with Crippen LogP contribution in [-0.4, -0.2) is 41.8 Å². The van der Waals surface area contributed by atoms with Gasteiger partial charge in [0.05, 0.1) is 0 Å². The molecule has 0 heterocycles. The highest BCUT2D eigenvalue weighted by atomic mass is 32.9. The van der Waals surface area contributed by atoms with Crippen molar-refractivity contribution < 1.29 is 18.8 Å². The summed E-state index contributed by atoms with van der Waals surface area (Å²) < 4.78 is 24.0. The van der Waals surface area contributed by atoms with Gasteiger partial charge in [-0.25, -0.2) is 0 Å². The average Bonchev–Trinajstić information content (AvgIpc) is 0.722. The number of rotatable bonds is 0. The van der Waals surface area contributed by atoms with E-state index >= 15 is 0 Å². The molecule has 7 heteroatoms. The highest BCUT2D eigenvalue weighted by molar-refractivity contribution is 8.26. The van der Waals surface area contributed by atoms with E-state index in [2.05, 4.69) is 11.2 Å². The van der Waals surface area contributed by atoms with Gasteiger partial charge in [-0.05, 0) is 0 Å². The van der Waals surface area contributed by atoms with Gasteiger partial charge in [-0.1, -0.05) is 0 Å². The second kappa shape index (κ2) is 5.16. The molecule has 0 aliphatic heterocycles. The largest absolute Gasteiger partial charge is 0.412 e. The number of hydrogen-bond acceptors (Lipinski definition) is 2. The van der Waals surface area contributed by atoms with Crippen molar-refractivity contribution in [2.75, 3.05) is 0 Å². The molecule has 42 valence electrons. The summed E-state index contributed by atoms with van der Waals surface area (Å²) in [7, 11) is -3.83. The minimum Gasteiger partial charge on any atom is -0.412 e. The summed E-state index contributed by atoms with van der Waals surface area (Å²) >= 11 is 3.47. The van der Waals surface area contributed by atoms with Gasteiger partial charge in [-0.2, -0.15) is 4.21 Å². The van der Waals surface area contributed by atoms with E-state index in [4.69, 9.17) is 13.3 Å². The van der Waals surface area contributed by atoms with Crippen LogP contribution in [0.25, 0.3) is 0 Å². The first-order valence-electron chi connectivity index (χ1n) is 0.698. The van der Waals surface area contributed by atoms with Crippen molar-refractivity contribution in [3.8, 4) is 0 Å². The third-order valence-corrected chi connectivity index (χ3v) is 0. The maximum Gasteiger partial charge on any atom is 0.263 e. The Balaban J connectivity index is -0.0000000800.